The number of sulfonamides is 1. The Kier molecular flexibility index (Phi) is 6.86. The van der Waals surface area contributed by atoms with Crippen LogP contribution in [-0.4, -0.2) is 59.8 Å². The van der Waals surface area contributed by atoms with Gasteiger partial charge in [0.2, 0.25) is 21.8 Å². The molecule has 1 fully saturated rings. The molecule has 0 unspecified atom stereocenters. The molecular weight excluding hydrogens is 428 g/mol. The topological polar surface area (TPSA) is 96.6 Å². The van der Waals surface area contributed by atoms with Crippen LogP contribution in [0.1, 0.15) is 37.9 Å². The van der Waals surface area contributed by atoms with Gasteiger partial charge in [-0.05, 0) is 35.7 Å². The lowest BCUT2D eigenvalue weighted by atomic mass is 10.1. The van der Waals surface area contributed by atoms with Crippen LogP contribution in [0, 0.1) is 0 Å². The lowest BCUT2D eigenvalue weighted by molar-refractivity contribution is -0.132. The Morgan fingerprint density at radius 3 is 2.53 bits per heavy atom. The van der Waals surface area contributed by atoms with E-state index in [0.717, 1.165) is 23.6 Å². The second-order valence-corrected chi connectivity index (χ2v) is 9.94. The normalized spacial score (nSPS) is 15.3. The van der Waals surface area contributed by atoms with Crippen LogP contribution >= 0.6 is 0 Å². The number of amides is 1. The van der Waals surface area contributed by atoms with E-state index >= 15 is 0 Å². The van der Waals surface area contributed by atoms with Crippen molar-refractivity contribution in [1.29, 1.82) is 0 Å². The van der Waals surface area contributed by atoms with Crippen LogP contribution in [-0.2, 0) is 27.7 Å². The Morgan fingerprint density at radius 2 is 1.78 bits per heavy atom. The van der Waals surface area contributed by atoms with Gasteiger partial charge in [0.15, 0.2) is 5.82 Å². The first-order valence-electron chi connectivity index (χ1n) is 11.1. The maximum Gasteiger partial charge on any atom is 0.243 e. The van der Waals surface area contributed by atoms with Crippen LogP contribution in [0.5, 0.6) is 0 Å². The van der Waals surface area contributed by atoms with E-state index in [-0.39, 0.29) is 10.8 Å². The quantitative estimate of drug-likeness (QED) is 0.517. The van der Waals surface area contributed by atoms with E-state index in [2.05, 4.69) is 17.1 Å². The molecule has 1 aliphatic heterocycles. The van der Waals surface area contributed by atoms with Gasteiger partial charge in [-0.2, -0.15) is 9.29 Å². The Morgan fingerprint density at radius 1 is 1.03 bits per heavy atom. The molecule has 2 heterocycles. The summed E-state index contributed by atoms with van der Waals surface area (Å²) in [7, 11) is -3.59. The number of hydrogen-bond donors (Lipinski definition) is 0. The Bertz CT molecular complexity index is 1180. The van der Waals surface area contributed by atoms with Crippen LogP contribution in [0.25, 0.3) is 10.8 Å². The molecule has 0 aliphatic carbocycles. The number of carbonyl (C=O) groups is 1. The zero-order chi connectivity index (χ0) is 22.6. The molecule has 0 spiro atoms. The second-order valence-electron chi connectivity index (χ2n) is 8.00. The second kappa shape index (κ2) is 9.79. The maximum atomic E-state index is 13.1. The lowest BCUT2D eigenvalue weighted by Crippen LogP contribution is -2.50. The molecule has 170 valence electrons. The molecule has 4 rings (SSSR count). The highest BCUT2D eigenvalue weighted by atomic mass is 32.2. The number of fused-ring (bicyclic) bond motifs is 1. The smallest absolute Gasteiger partial charge is 0.243 e. The van der Waals surface area contributed by atoms with Gasteiger partial charge in [0, 0.05) is 45.4 Å². The monoisotopic (exact) mass is 456 g/mol. The van der Waals surface area contributed by atoms with Crippen molar-refractivity contribution >= 4 is 26.7 Å². The van der Waals surface area contributed by atoms with Crippen molar-refractivity contribution in [3.63, 3.8) is 0 Å². The summed E-state index contributed by atoms with van der Waals surface area (Å²) >= 11 is 0. The summed E-state index contributed by atoms with van der Waals surface area (Å²) in [6.07, 6.45) is 3.32. The van der Waals surface area contributed by atoms with E-state index in [1.807, 2.05) is 30.3 Å². The Balaban J connectivity index is 1.29. The predicted octanol–water partition coefficient (Wildman–Crippen LogP) is 3.03. The Hall–Kier alpha value is -2.78. The van der Waals surface area contributed by atoms with Crippen molar-refractivity contribution in [2.24, 2.45) is 0 Å². The van der Waals surface area contributed by atoms with Crippen LogP contribution in [0.15, 0.2) is 51.9 Å². The average Bonchev–Trinajstić information content (AvgIpc) is 3.26. The number of nitrogens with zero attached hydrogens (tertiary/aromatic N) is 4. The van der Waals surface area contributed by atoms with E-state index in [1.165, 1.54) is 4.31 Å². The number of aromatic nitrogens is 2. The molecule has 0 bridgehead atoms. The van der Waals surface area contributed by atoms with Crippen molar-refractivity contribution in [1.82, 2.24) is 19.3 Å². The van der Waals surface area contributed by atoms with Crippen molar-refractivity contribution in [2.45, 2.75) is 43.9 Å². The SMILES string of the molecule is CCCc1noc(CCCC(=O)N2CCN(S(=O)(=O)c3ccc4ccccc4c3)CC2)n1. The summed E-state index contributed by atoms with van der Waals surface area (Å²) in [5.41, 5.74) is 0. The summed E-state index contributed by atoms with van der Waals surface area (Å²) in [5, 5.41) is 5.82. The van der Waals surface area contributed by atoms with Crippen LogP contribution in [0.3, 0.4) is 0 Å². The van der Waals surface area contributed by atoms with Gasteiger partial charge in [-0.1, -0.05) is 42.4 Å². The zero-order valence-corrected chi connectivity index (χ0v) is 19.1. The van der Waals surface area contributed by atoms with Crippen LogP contribution < -0.4 is 0 Å². The molecule has 8 nitrogen and oxygen atoms in total. The van der Waals surface area contributed by atoms with Gasteiger partial charge in [-0.3, -0.25) is 4.79 Å². The van der Waals surface area contributed by atoms with Crippen molar-refractivity contribution in [3.05, 3.63) is 54.2 Å². The summed E-state index contributed by atoms with van der Waals surface area (Å²) in [6.45, 7) is 3.44. The van der Waals surface area contributed by atoms with E-state index in [1.54, 1.807) is 17.0 Å². The molecule has 1 aliphatic rings. The molecule has 0 N–H and O–H groups in total. The maximum absolute atomic E-state index is 13.1. The van der Waals surface area contributed by atoms with Gasteiger partial charge in [0.25, 0.3) is 0 Å². The predicted molar refractivity (Wildman–Crippen MR) is 121 cm³/mol. The van der Waals surface area contributed by atoms with Gasteiger partial charge in [-0.15, -0.1) is 0 Å². The first kappa shape index (κ1) is 22.4. The van der Waals surface area contributed by atoms with Crippen LogP contribution in [0.2, 0.25) is 0 Å². The standard InChI is InChI=1S/C23H28N4O4S/c1-2-6-21-24-22(31-25-21)9-5-10-23(28)26-13-15-27(16-14-26)32(29,30)20-12-11-18-7-3-4-8-19(18)17-20/h3-4,7-8,11-12,17H,2,5-6,9-10,13-16H2,1H3. The third-order valence-corrected chi connectivity index (χ3v) is 7.61. The number of piperazine rings is 1. The van der Waals surface area contributed by atoms with Crippen molar-refractivity contribution < 1.29 is 17.7 Å². The highest BCUT2D eigenvalue weighted by molar-refractivity contribution is 7.89. The average molecular weight is 457 g/mol. The van der Waals surface area contributed by atoms with Gasteiger partial charge < -0.3 is 9.42 Å². The molecule has 1 amide bonds. The molecule has 1 saturated heterocycles. The summed E-state index contributed by atoms with van der Waals surface area (Å²) in [4.78, 5) is 18.9. The van der Waals surface area contributed by atoms with E-state index in [9.17, 15) is 13.2 Å². The van der Waals surface area contributed by atoms with Crippen molar-refractivity contribution in [3.8, 4) is 0 Å². The highest BCUT2D eigenvalue weighted by Crippen LogP contribution is 2.23. The third kappa shape index (κ3) is 4.99. The molecule has 0 radical (unpaired) electrons. The fraction of sp³-hybridized carbons (Fsp3) is 0.435. The fourth-order valence-electron chi connectivity index (χ4n) is 3.92. The lowest BCUT2D eigenvalue weighted by Gasteiger charge is -2.34. The van der Waals surface area contributed by atoms with E-state index in [0.29, 0.717) is 57.2 Å². The molecule has 0 saturated carbocycles. The first-order chi connectivity index (χ1) is 15.5. The van der Waals surface area contributed by atoms with E-state index < -0.39 is 10.0 Å². The molecular formula is C23H28N4O4S. The minimum absolute atomic E-state index is 0.0288. The minimum Gasteiger partial charge on any atom is -0.340 e. The number of benzene rings is 2. The van der Waals surface area contributed by atoms with Gasteiger partial charge in [-0.25, -0.2) is 8.42 Å². The summed E-state index contributed by atoms with van der Waals surface area (Å²) < 4.78 is 32.8. The largest absolute Gasteiger partial charge is 0.340 e. The van der Waals surface area contributed by atoms with Gasteiger partial charge in [0.1, 0.15) is 0 Å². The fourth-order valence-corrected chi connectivity index (χ4v) is 5.38. The van der Waals surface area contributed by atoms with E-state index in [4.69, 9.17) is 4.52 Å². The molecule has 32 heavy (non-hydrogen) atoms. The number of hydrogen-bond acceptors (Lipinski definition) is 6. The molecule has 9 heteroatoms. The van der Waals surface area contributed by atoms with Gasteiger partial charge in [0.05, 0.1) is 4.90 Å². The molecule has 3 aromatic rings. The first-order valence-corrected chi connectivity index (χ1v) is 12.5. The molecule has 0 atom stereocenters. The molecule has 2 aromatic carbocycles. The third-order valence-electron chi connectivity index (χ3n) is 5.72. The number of rotatable bonds is 8. The van der Waals surface area contributed by atoms with Crippen LogP contribution in [0.4, 0.5) is 0 Å². The Labute approximate surface area is 188 Å². The number of aryl methyl sites for hydroxylation is 2. The summed E-state index contributed by atoms with van der Waals surface area (Å²) in [6, 6.07) is 12.9. The van der Waals surface area contributed by atoms with Crippen molar-refractivity contribution in [2.75, 3.05) is 26.2 Å². The zero-order valence-electron chi connectivity index (χ0n) is 18.2. The summed E-state index contributed by atoms with van der Waals surface area (Å²) in [5.74, 6) is 1.30. The minimum atomic E-state index is -3.59. The molecule has 1 aromatic heterocycles. The van der Waals surface area contributed by atoms with Gasteiger partial charge >= 0.3 is 0 Å². The highest BCUT2D eigenvalue weighted by Gasteiger charge is 2.30. The number of carbonyl (C=O) groups excluding carboxylic acids is 1.